The average molecular weight is 306 g/mol. The van der Waals surface area contributed by atoms with E-state index in [1.165, 1.54) is 12.8 Å². The fourth-order valence-electron chi connectivity index (χ4n) is 1.92. The summed E-state index contributed by atoms with van der Waals surface area (Å²) in [6.07, 6.45) is 5.17. The van der Waals surface area contributed by atoms with E-state index in [2.05, 4.69) is 32.7 Å². The van der Waals surface area contributed by atoms with Crippen molar-refractivity contribution in [1.82, 2.24) is 15.2 Å². The standard InChI is InChI=1S/C15H20ClN5/c1-3-4-5-8-17-14-10-18-21-15(20-14)19-13-7-6-12(16)9-11(13)2/h6-7,9-10H,3-5,8H2,1-2H3,(H2,17,19,20,21). The van der Waals surface area contributed by atoms with Crippen LogP contribution in [0.4, 0.5) is 17.5 Å². The molecule has 5 nitrogen and oxygen atoms in total. The minimum Gasteiger partial charge on any atom is -0.369 e. The van der Waals surface area contributed by atoms with Crippen LogP contribution in [0.2, 0.25) is 5.02 Å². The van der Waals surface area contributed by atoms with Gasteiger partial charge < -0.3 is 10.6 Å². The van der Waals surface area contributed by atoms with E-state index < -0.39 is 0 Å². The van der Waals surface area contributed by atoms with Gasteiger partial charge in [-0.05, 0) is 37.1 Å². The van der Waals surface area contributed by atoms with Gasteiger partial charge in [0.25, 0.3) is 0 Å². The Kier molecular flexibility index (Phi) is 5.75. The number of halogens is 1. The molecule has 1 aromatic heterocycles. The van der Waals surface area contributed by atoms with Crippen LogP contribution in [-0.4, -0.2) is 21.7 Å². The summed E-state index contributed by atoms with van der Waals surface area (Å²) in [6.45, 7) is 5.06. The van der Waals surface area contributed by atoms with Gasteiger partial charge in [0.1, 0.15) is 0 Å². The molecule has 0 radical (unpaired) electrons. The van der Waals surface area contributed by atoms with Gasteiger partial charge in [-0.15, -0.1) is 5.10 Å². The zero-order valence-corrected chi connectivity index (χ0v) is 13.1. The molecule has 2 rings (SSSR count). The van der Waals surface area contributed by atoms with Gasteiger partial charge in [-0.3, -0.25) is 0 Å². The molecule has 1 aromatic carbocycles. The second-order valence-corrected chi connectivity index (χ2v) is 5.32. The third-order valence-electron chi connectivity index (χ3n) is 3.08. The number of hydrogen-bond donors (Lipinski definition) is 2. The average Bonchev–Trinajstić information content (AvgIpc) is 2.47. The topological polar surface area (TPSA) is 62.7 Å². The van der Waals surface area contributed by atoms with Crippen molar-refractivity contribution in [2.45, 2.75) is 33.1 Å². The Morgan fingerprint density at radius 3 is 2.86 bits per heavy atom. The molecule has 2 aromatic rings. The highest BCUT2D eigenvalue weighted by Crippen LogP contribution is 2.22. The summed E-state index contributed by atoms with van der Waals surface area (Å²) in [5.74, 6) is 1.20. The van der Waals surface area contributed by atoms with Gasteiger partial charge in [-0.25, -0.2) is 0 Å². The molecule has 0 bridgehead atoms. The maximum Gasteiger partial charge on any atom is 0.249 e. The third-order valence-corrected chi connectivity index (χ3v) is 3.32. The van der Waals surface area contributed by atoms with Crippen LogP contribution in [0.25, 0.3) is 0 Å². The first-order valence-electron chi connectivity index (χ1n) is 7.16. The quantitative estimate of drug-likeness (QED) is 0.751. The number of benzene rings is 1. The van der Waals surface area contributed by atoms with Crippen molar-refractivity contribution in [2.24, 2.45) is 0 Å². The van der Waals surface area contributed by atoms with Gasteiger partial charge >= 0.3 is 0 Å². The predicted octanol–water partition coefficient (Wildman–Crippen LogP) is 4.18. The van der Waals surface area contributed by atoms with Crippen LogP contribution < -0.4 is 10.6 Å². The van der Waals surface area contributed by atoms with E-state index >= 15 is 0 Å². The third kappa shape index (κ3) is 4.86. The molecule has 0 aliphatic carbocycles. The van der Waals surface area contributed by atoms with E-state index in [0.29, 0.717) is 11.0 Å². The van der Waals surface area contributed by atoms with Crippen LogP contribution in [0.1, 0.15) is 31.7 Å². The van der Waals surface area contributed by atoms with Gasteiger partial charge in [-0.2, -0.15) is 10.1 Å². The lowest BCUT2D eigenvalue weighted by Gasteiger charge is -2.09. The van der Waals surface area contributed by atoms with Gasteiger partial charge in [0.15, 0.2) is 5.82 Å². The first-order chi connectivity index (χ1) is 10.2. The van der Waals surface area contributed by atoms with Crippen molar-refractivity contribution in [3.05, 3.63) is 35.0 Å². The lowest BCUT2D eigenvalue weighted by Crippen LogP contribution is -2.07. The second-order valence-electron chi connectivity index (χ2n) is 4.88. The number of nitrogens with one attached hydrogen (secondary N) is 2. The highest BCUT2D eigenvalue weighted by Gasteiger charge is 2.04. The second kappa shape index (κ2) is 7.78. The smallest absolute Gasteiger partial charge is 0.249 e. The summed E-state index contributed by atoms with van der Waals surface area (Å²) in [6, 6.07) is 5.63. The van der Waals surface area contributed by atoms with Crippen LogP contribution in [0.15, 0.2) is 24.4 Å². The van der Waals surface area contributed by atoms with Crippen molar-refractivity contribution < 1.29 is 0 Å². The highest BCUT2D eigenvalue weighted by atomic mass is 35.5. The molecule has 1 heterocycles. The largest absolute Gasteiger partial charge is 0.369 e. The molecule has 0 amide bonds. The summed E-state index contributed by atoms with van der Waals surface area (Å²) in [5.41, 5.74) is 1.96. The summed E-state index contributed by atoms with van der Waals surface area (Å²) in [7, 11) is 0. The van der Waals surface area contributed by atoms with Crippen LogP contribution in [0.5, 0.6) is 0 Å². The molecule has 0 spiro atoms. The van der Waals surface area contributed by atoms with E-state index in [0.717, 1.165) is 30.0 Å². The van der Waals surface area contributed by atoms with Crippen molar-refractivity contribution in [3.8, 4) is 0 Å². The van der Waals surface area contributed by atoms with Gasteiger partial charge in [-0.1, -0.05) is 31.4 Å². The van der Waals surface area contributed by atoms with Crippen LogP contribution in [0.3, 0.4) is 0 Å². The van der Waals surface area contributed by atoms with Gasteiger partial charge in [0.05, 0.1) is 6.20 Å². The molecule has 0 aliphatic heterocycles. The molecular formula is C15H20ClN5. The lowest BCUT2D eigenvalue weighted by molar-refractivity contribution is 0.741. The number of aromatic nitrogens is 3. The van der Waals surface area contributed by atoms with E-state index in [1.807, 2.05) is 25.1 Å². The van der Waals surface area contributed by atoms with E-state index in [4.69, 9.17) is 11.6 Å². The zero-order valence-electron chi connectivity index (χ0n) is 12.4. The number of unbranched alkanes of at least 4 members (excludes halogenated alkanes) is 2. The molecule has 21 heavy (non-hydrogen) atoms. The minimum atomic E-state index is 0.473. The molecule has 0 saturated carbocycles. The van der Waals surface area contributed by atoms with Crippen molar-refractivity contribution in [2.75, 3.05) is 17.2 Å². The number of aryl methyl sites for hydroxylation is 1. The Bertz CT molecular complexity index is 588. The Balaban J connectivity index is 2.00. The predicted molar refractivity (Wildman–Crippen MR) is 87.3 cm³/mol. The van der Waals surface area contributed by atoms with Gasteiger partial charge in [0, 0.05) is 17.3 Å². The number of hydrogen-bond acceptors (Lipinski definition) is 5. The molecule has 0 fully saturated rings. The Labute approximate surface area is 130 Å². The zero-order chi connectivity index (χ0) is 15.1. The molecule has 2 N–H and O–H groups in total. The normalized spacial score (nSPS) is 10.4. The molecule has 0 saturated heterocycles. The first-order valence-corrected chi connectivity index (χ1v) is 7.53. The first kappa shape index (κ1) is 15.5. The molecule has 112 valence electrons. The Morgan fingerprint density at radius 1 is 1.24 bits per heavy atom. The molecule has 0 atom stereocenters. The van der Waals surface area contributed by atoms with Crippen molar-refractivity contribution in [3.63, 3.8) is 0 Å². The van der Waals surface area contributed by atoms with Gasteiger partial charge in [0.2, 0.25) is 5.95 Å². The van der Waals surface area contributed by atoms with Crippen LogP contribution in [0, 0.1) is 6.92 Å². The number of nitrogens with zero attached hydrogens (tertiary/aromatic N) is 3. The lowest BCUT2D eigenvalue weighted by atomic mass is 10.2. The SMILES string of the molecule is CCCCCNc1cnnc(Nc2ccc(Cl)cc2C)n1. The minimum absolute atomic E-state index is 0.473. The maximum atomic E-state index is 5.95. The van der Waals surface area contributed by atoms with Crippen LogP contribution >= 0.6 is 11.6 Å². The summed E-state index contributed by atoms with van der Waals surface area (Å²) >= 11 is 5.95. The highest BCUT2D eigenvalue weighted by molar-refractivity contribution is 6.30. The monoisotopic (exact) mass is 305 g/mol. The molecule has 0 unspecified atom stereocenters. The summed E-state index contributed by atoms with van der Waals surface area (Å²) < 4.78 is 0. The van der Waals surface area contributed by atoms with E-state index in [1.54, 1.807) is 6.20 Å². The summed E-state index contributed by atoms with van der Waals surface area (Å²) in [4.78, 5) is 4.40. The molecule has 0 aliphatic rings. The Hall–Kier alpha value is -1.88. The van der Waals surface area contributed by atoms with Crippen LogP contribution in [-0.2, 0) is 0 Å². The summed E-state index contributed by atoms with van der Waals surface area (Å²) in [5, 5.41) is 15.1. The van der Waals surface area contributed by atoms with Crippen molar-refractivity contribution >= 4 is 29.1 Å². The fraction of sp³-hybridized carbons (Fsp3) is 0.400. The molecule has 6 heteroatoms. The van der Waals surface area contributed by atoms with Crippen molar-refractivity contribution in [1.29, 1.82) is 0 Å². The van der Waals surface area contributed by atoms with E-state index in [9.17, 15) is 0 Å². The number of anilines is 3. The fourth-order valence-corrected chi connectivity index (χ4v) is 2.15. The van der Waals surface area contributed by atoms with E-state index in [-0.39, 0.29) is 0 Å². The maximum absolute atomic E-state index is 5.95. The number of rotatable bonds is 7. The molecular weight excluding hydrogens is 286 g/mol. The Morgan fingerprint density at radius 2 is 2.10 bits per heavy atom.